The average molecular weight is 317 g/mol. The van der Waals surface area contributed by atoms with Crippen LogP contribution < -0.4 is 0 Å². The summed E-state index contributed by atoms with van der Waals surface area (Å²) in [7, 11) is 0. The van der Waals surface area contributed by atoms with Crippen molar-refractivity contribution < 1.29 is 9.59 Å². The van der Waals surface area contributed by atoms with Gasteiger partial charge in [0.25, 0.3) is 11.8 Å². The molecule has 1 aromatic carbocycles. The summed E-state index contributed by atoms with van der Waals surface area (Å²) in [5.74, 6) is -0.294. The van der Waals surface area contributed by atoms with Crippen LogP contribution in [0.2, 0.25) is 0 Å². The van der Waals surface area contributed by atoms with Crippen LogP contribution in [-0.4, -0.2) is 46.7 Å². The number of carbonyl (C=O) groups is 2. The lowest BCUT2D eigenvalue weighted by Crippen LogP contribution is -2.30. The summed E-state index contributed by atoms with van der Waals surface area (Å²) in [6.07, 6.45) is 0. The van der Waals surface area contributed by atoms with Crippen molar-refractivity contribution in [2.24, 2.45) is 0 Å². The molecule has 0 heterocycles. The number of hydrogen-bond acceptors (Lipinski definition) is 2. The van der Waals surface area contributed by atoms with E-state index in [1.807, 2.05) is 13.8 Å². The number of rotatable bonds is 6. The maximum Gasteiger partial charge on any atom is 0.254 e. The number of halogens is 2. The highest BCUT2D eigenvalue weighted by molar-refractivity contribution is 6.19. The van der Waals surface area contributed by atoms with Gasteiger partial charge in [-0.05, 0) is 38.1 Å². The van der Waals surface area contributed by atoms with Gasteiger partial charge in [-0.15, -0.1) is 23.2 Å². The molecule has 2 amide bonds. The lowest BCUT2D eigenvalue weighted by atomic mass is 10.1. The fraction of sp³-hybridized carbons (Fsp3) is 0.429. The van der Waals surface area contributed by atoms with Crippen LogP contribution in [0.3, 0.4) is 0 Å². The van der Waals surface area contributed by atoms with E-state index in [1.54, 1.807) is 24.3 Å². The molecule has 0 aliphatic heterocycles. The van der Waals surface area contributed by atoms with Crippen LogP contribution in [0.1, 0.15) is 34.6 Å². The highest BCUT2D eigenvalue weighted by Crippen LogP contribution is 2.11. The zero-order valence-electron chi connectivity index (χ0n) is 11.6. The van der Waals surface area contributed by atoms with E-state index in [-0.39, 0.29) is 23.8 Å². The summed E-state index contributed by atoms with van der Waals surface area (Å²) in [5, 5.41) is 0. The molecule has 6 heteroatoms. The first-order valence-corrected chi connectivity index (χ1v) is 7.46. The Balaban J connectivity index is 2.88. The lowest BCUT2D eigenvalue weighted by molar-refractivity contribution is 0.0780. The number of amides is 2. The molecule has 0 unspecified atom stereocenters. The van der Waals surface area contributed by atoms with Gasteiger partial charge in [0, 0.05) is 24.2 Å². The van der Waals surface area contributed by atoms with Crippen molar-refractivity contribution in [3.8, 4) is 0 Å². The molecule has 0 radical (unpaired) electrons. The second-order valence-electron chi connectivity index (χ2n) is 4.14. The fourth-order valence-corrected chi connectivity index (χ4v) is 2.24. The SMILES string of the molecule is CCN(CCl)C(=O)c1ccc(C(=O)N(CC)CCl)cc1. The monoisotopic (exact) mass is 316 g/mol. The number of alkyl halides is 2. The summed E-state index contributed by atoms with van der Waals surface area (Å²) >= 11 is 11.4. The van der Waals surface area contributed by atoms with Gasteiger partial charge < -0.3 is 9.80 Å². The normalized spacial score (nSPS) is 10.2. The molecular formula is C14H18Cl2N2O2. The quantitative estimate of drug-likeness (QED) is 0.598. The Morgan fingerprint density at radius 1 is 0.850 bits per heavy atom. The molecule has 0 spiro atoms. The van der Waals surface area contributed by atoms with E-state index in [0.29, 0.717) is 24.2 Å². The van der Waals surface area contributed by atoms with Crippen LogP contribution in [0, 0.1) is 0 Å². The summed E-state index contributed by atoms with van der Waals surface area (Å²) in [6, 6.07) is 6.82. The molecule has 0 saturated heterocycles. The van der Waals surface area contributed by atoms with E-state index in [2.05, 4.69) is 0 Å². The van der Waals surface area contributed by atoms with Crippen molar-refractivity contribution in [3.63, 3.8) is 0 Å². The molecular weight excluding hydrogens is 299 g/mol. The summed E-state index contributed by atoms with van der Waals surface area (Å²) < 4.78 is 0. The molecule has 110 valence electrons. The van der Waals surface area contributed by atoms with Crippen LogP contribution in [-0.2, 0) is 0 Å². The van der Waals surface area contributed by atoms with Gasteiger partial charge in [0.2, 0.25) is 0 Å². The Bertz CT molecular complexity index is 412. The van der Waals surface area contributed by atoms with Crippen LogP contribution in [0.5, 0.6) is 0 Å². The van der Waals surface area contributed by atoms with Crippen molar-refractivity contribution in [1.82, 2.24) is 9.80 Å². The Hall–Kier alpha value is -1.26. The van der Waals surface area contributed by atoms with Gasteiger partial charge in [0.05, 0.1) is 12.0 Å². The molecule has 0 bridgehead atoms. The van der Waals surface area contributed by atoms with Gasteiger partial charge in [-0.3, -0.25) is 9.59 Å². The van der Waals surface area contributed by atoms with Crippen molar-refractivity contribution >= 4 is 35.0 Å². The smallest absolute Gasteiger partial charge is 0.254 e. The maximum absolute atomic E-state index is 12.1. The number of carbonyl (C=O) groups excluding carboxylic acids is 2. The number of benzene rings is 1. The van der Waals surface area contributed by atoms with Gasteiger partial charge in [0.15, 0.2) is 0 Å². The second-order valence-corrected chi connectivity index (χ2v) is 4.62. The van der Waals surface area contributed by atoms with Crippen LogP contribution >= 0.6 is 23.2 Å². The molecule has 20 heavy (non-hydrogen) atoms. The molecule has 1 aromatic rings. The minimum Gasteiger partial charge on any atom is -0.325 e. The maximum atomic E-state index is 12.1. The van der Waals surface area contributed by atoms with Crippen LogP contribution in [0.15, 0.2) is 24.3 Å². The minimum atomic E-state index is -0.147. The third-order valence-electron chi connectivity index (χ3n) is 3.01. The lowest BCUT2D eigenvalue weighted by Gasteiger charge is -2.19. The summed E-state index contributed by atoms with van der Waals surface area (Å²) in [5.41, 5.74) is 1.02. The predicted octanol–water partition coefficient (Wildman–Crippen LogP) is 3.00. The first-order chi connectivity index (χ1) is 9.58. The van der Waals surface area contributed by atoms with Gasteiger partial charge >= 0.3 is 0 Å². The van der Waals surface area contributed by atoms with Gasteiger partial charge in [-0.25, -0.2) is 0 Å². The van der Waals surface area contributed by atoms with Gasteiger partial charge in [-0.1, -0.05) is 0 Å². The minimum absolute atomic E-state index is 0.145. The Kier molecular flexibility index (Phi) is 6.82. The zero-order valence-corrected chi connectivity index (χ0v) is 13.1. The topological polar surface area (TPSA) is 40.6 Å². The number of nitrogens with zero attached hydrogens (tertiary/aromatic N) is 2. The molecule has 0 fully saturated rings. The summed E-state index contributed by atoms with van der Waals surface area (Å²) in [6.45, 7) is 4.80. The van der Waals surface area contributed by atoms with E-state index in [4.69, 9.17) is 23.2 Å². The first-order valence-electron chi connectivity index (χ1n) is 6.39. The molecule has 0 aromatic heterocycles. The molecule has 0 N–H and O–H groups in total. The average Bonchev–Trinajstić information content (AvgIpc) is 2.49. The van der Waals surface area contributed by atoms with Crippen molar-refractivity contribution in [3.05, 3.63) is 35.4 Å². The van der Waals surface area contributed by atoms with E-state index < -0.39 is 0 Å². The highest BCUT2D eigenvalue weighted by Gasteiger charge is 2.16. The molecule has 0 saturated carbocycles. The largest absolute Gasteiger partial charge is 0.325 e. The van der Waals surface area contributed by atoms with Crippen molar-refractivity contribution in [1.29, 1.82) is 0 Å². The molecule has 4 nitrogen and oxygen atoms in total. The Labute approximate surface area is 129 Å². The number of hydrogen-bond donors (Lipinski definition) is 0. The molecule has 0 aliphatic rings. The molecule has 0 atom stereocenters. The van der Waals surface area contributed by atoms with E-state index in [9.17, 15) is 9.59 Å². The van der Waals surface area contributed by atoms with E-state index >= 15 is 0 Å². The molecule has 1 rings (SSSR count). The standard InChI is InChI=1S/C14H18Cl2N2O2/c1-3-17(9-15)13(19)11-5-7-12(8-6-11)14(20)18(4-2)10-16/h5-8H,3-4,9-10H2,1-2H3. The van der Waals surface area contributed by atoms with Crippen molar-refractivity contribution in [2.75, 3.05) is 25.1 Å². The van der Waals surface area contributed by atoms with Crippen LogP contribution in [0.25, 0.3) is 0 Å². The van der Waals surface area contributed by atoms with Gasteiger partial charge in [0.1, 0.15) is 0 Å². The fourth-order valence-electron chi connectivity index (χ4n) is 1.69. The van der Waals surface area contributed by atoms with Gasteiger partial charge in [-0.2, -0.15) is 0 Å². The zero-order chi connectivity index (χ0) is 15.1. The Morgan fingerprint density at radius 2 is 1.15 bits per heavy atom. The summed E-state index contributed by atoms with van der Waals surface area (Å²) in [4.78, 5) is 27.1. The van der Waals surface area contributed by atoms with E-state index in [0.717, 1.165) is 0 Å². The van der Waals surface area contributed by atoms with Crippen molar-refractivity contribution in [2.45, 2.75) is 13.8 Å². The third kappa shape index (κ3) is 3.87. The second kappa shape index (κ2) is 8.12. The first kappa shape index (κ1) is 16.8. The van der Waals surface area contributed by atoms with E-state index in [1.165, 1.54) is 9.80 Å². The predicted molar refractivity (Wildman–Crippen MR) is 81.3 cm³/mol. The Morgan fingerprint density at radius 3 is 1.35 bits per heavy atom. The highest BCUT2D eigenvalue weighted by atomic mass is 35.5. The molecule has 0 aliphatic carbocycles. The van der Waals surface area contributed by atoms with Crippen LogP contribution in [0.4, 0.5) is 0 Å². The third-order valence-corrected chi connectivity index (χ3v) is 3.58.